The Morgan fingerprint density at radius 2 is 0.453 bits per heavy atom. The number of rotatable bonds is 8. The average Bonchev–Trinajstić information content (AvgIpc) is 4.02. The number of aryl methyl sites for hydroxylation is 4. The number of H-pyrrole nitrogens is 2. The van der Waals surface area contributed by atoms with E-state index >= 15 is 0 Å². The van der Waals surface area contributed by atoms with E-state index in [4.69, 9.17) is 29.9 Å². The molecule has 4 aromatic carbocycles. The molecule has 16 heteroatoms. The molecule has 2 aliphatic heterocycles. The first-order chi connectivity index (χ1) is 30.7. The minimum atomic E-state index is 0.607. The van der Waals surface area contributed by atoms with E-state index in [1.54, 1.807) is 0 Å². The van der Waals surface area contributed by atoms with Crippen molar-refractivity contribution >= 4 is 208 Å². The van der Waals surface area contributed by atoms with Gasteiger partial charge in [0.05, 0.1) is 0 Å². The molecule has 8 bridgehead atoms. The molecule has 8 radical (unpaired) electrons. The molecule has 5 heterocycles. The first-order valence-electron chi connectivity index (χ1n) is 21.8. The number of benzene rings is 4. The summed E-state index contributed by atoms with van der Waals surface area (Å²) in [6.45, 7) is 17.6. The Hall–Kier alpha value is -1.60. The van der Waals surface area contributed by atoms with Crippen molar-refractivity contribution in [2.75, 3.05) is 0 Å². The average molecular weight is 1360 g/mol. The van der Waals surface area contributed by atoms with E-state index in [9.17, 15) is 0 Å². The number of fused-ring (bicyclic) bond motifs is 20. The molecule has 7 aromatic rings. The molecule has 0 atom stereocenters. The molecular formula is C48H42N8Se8. The maximum atomic E-state index is 5.68. The van der Waals surface area contributed by atoms with Crippen LogP contribution < -0.4 is 35.7 Å². The summed E-state index contributed by atoms with van der Waals surface area (Å²) >= 11 is 27.4. The molecule has 9 rings (SSSR count). The third-order valence-corrected chi connectivity index (χ3v) is 23.1. The molecule has 0 unspecified atom stereocenters. The molecule has 64 heavy (non-hydrogen) atoms. The van der Waals surface area contributed by atoms with Crippen LogP contribution in [0.5, 0.6) is 0 Å². The van der Waals surface area contributed by atoms with Gasteiger partial charge in [-0.3, -0.25) is 0 Å². The van der Waals surface area contributed by atoms with Gasteiger partial charge in [-0.15, -0.1) is 0 Å². The van der Waals surface area contributed by atoms with E-state index < -0.39 is 0 Å². The topological polar surface area (TPSA) is 109 Å². The molecular weight excluding hydrogens is 1320 g/mol. The van der Waals surface area contributed by atoms with Crippen LogP contribution in [0.1, 0.15) is 99.9 Å². The Balaban J connectivity index is 1.65. The Bertz CT molecular complexity index is 3150. The predicted molar refractivity (Wildman–Crippen MR) is 274 cm³/mol. The number of aromatic amines is 2. The molecule has 0 aliphatic carbocycles. The van der Waals surface area contributed by atoms with Crippen molar-refractivity contribution in [3.63, 3.8) is 0 Å². The van der Waals surface area contributed by atoms with Crippen molar-refractivity contribution in [1.82, 2.24) is 39.9 Å². The second kappa shape index (κ2) is 18.4. The summed E-state index contributed by atoms with van der Waals surface area (Å²) in [5, 5.41) is 4.21. The molecule has 0 spiro atoms. The molecule has 2 aliphatic rings. The van der Waals surface area contributed by atoms with Crippen molar-refractivity contribution in [2.45, 2.75) is 107 Å². The SMILES string of the molecule is CCc1c([Se])c([Se])c(CC)c2c1-c1nc3nc(nc4[nH]c(nc5[nH]c(nc-2n1)c1c(CC)c([Se])c([Se])c(CC)c51)c1c(CC)c([Se])c([Se])c(CC)c41)-c1c(CC)c([Se])c([Se])c(CC)c1-3. The van der Waals surface area contributed by atoms with Crippen LogP contribution in [0, 0.1) is 0 Å². The van der Waals surface area contributed by atoms with E-state index in [0.717, 1.165) is 176 Å². The van der Waals surface area contributed by atoms with E-state index in [2.05, 4.69) is 193 Å². The summed E-state index contributed by atoms with van der Waals surface area (Å²) in [5.74, 6) is 2.46. The fourth-order valence-electron chi connectivity index (χ4n) is 9.92. The Kier molecular flexibility index (Phi) is 13.6. The van der Waals surface area contributed by atoms with Crippen LogP contribution in [0.2, 0.25) is 0 Å². The molecule has 3 aromatic heterocycles. The zero-order valence-corrected chi connectivity index (χ0v) is 50.3. The van der Waals surface area contributed by atoms with Gasteiger partial charge in [0, 0.05) is 0 Å². The molecule has 0 saturated heterocycles. The van der Waals surface area contributed by atoms with Crippen LogP contribution in [0.25, 0.3) is 89.7 Å². The zero-order valence-electron chi connectivity index (χ0n) is 36.6. The van der Waals surface area contributed by atoms with Crippen LogP contribution in [0.4, 0.5) is 0 Å². The molecule has 2 N–H and O–H groups in total. The van der Waals surface area contributed by atoms with Gasteiger partial charge in [0.25, 0.3) is 0 Å². The van der Waals surface area contributed by atoms with E-state index in [1.807, 2.05) is 0 Å². The van der Waals surface area contributed by atoms with Crippen molar-refractivity contribution in [2.24, 2.45) is 0 Å². The second-order valence-corrected chi connectivity index (χ2v) is 22.8. The zero-order chi connectivity index (χ0) is 45.8. The first-order valence-corrected chi connectivity index (χ1v) is 28.7. The Labute approximate surface area is 439 Å². The number of nitrogens with one attached hydrogen (secondary N) is 2. The Morgan fingerprint density at radius 3 is 0.672 bits per heavy atom. The van der Waals surface area contributed by atoms with Crippen molar-refractivity contribution < 1.29 is 0 Å². The maximum absolute atomic E-state index is 5.68. The third kappa shape index (κ3) is 7.01. The molecule has 0 saturated carbocycles. The summed E-state index contributed by atoms with van der Waals surface area (Å²) < 4.78 is 8.86. The van der Waals surface area contributed by atoms with E-state index in [-0.39, 0.29) is 0 Å². The van der Waals surface area contributed by atoms with Gasteiger partial charge >= 0.3 is 445 Å². The van der Waals surface area contributed by atoms with Crippen LogP contribution in [-0.4, -0.2) is 168 Å². The Morgan fingerprint density at radius 1 is 0.266 bits per heavy atom. The summed E-state index contributed by atoms with van der Waals surface area (Å²) in [4.78, 5) is 41.1. The summed E-state index contributed by atoms with van der Waals surface area (Å²) in [6.07, 6.45) is 6.29. The molecule has 0 amide bonds. The van der Waals surface area contributed by atoms with Gasteiger partial charge in [-0.05, 0) is 0 Å². The molecule has 8 nitrogen and oxygen atoms in total. The van der Waals surface area contributed by atoms with Gasteiger partial charge in [-0.1, -0.05) is 0 Å². The third-order valence-electron chi connectivity index (χ3n) is 12.9. The first kappa shape index (κ1) is 47.5. The van der Waals surface area contributed by atoms with Gasteiger partial charge in [0.1, 0.15) is 0 Å². The summed E-state index contributed by atoms with van der Waals surface area (Å²) in [6, 6.07) is 0. The van der Waals surface area contributed by atoms with Gasteiger partial charge in [0.15, 0.2) is 0 Å². The van der Waals surface area contributed by atoms with Crippen LogP contribution in [0.3, 0.4) is 0 Å². The van der Waals surface area contributed by atoms with Gasteiger partial charge in [0.2, 0.25) is 0 Å². The quantitative estimate of drug-likeness (QED) is 0.225. The minimum absolute atomic E-state index is 0.607. The fraction of sp³-hybridized carbons (Fsp3) is 0.333. The summed E-state index contributed by atoms with van der Waals surface area (Å²) in [7, 11) is 0. The van der Waals surface area contributed by atoms with E-state index in [0.29, 0.717) is 23.3 Å². The molecule has 0 fully saturated rings. The predicted octanol–water partition coefficient (Wildman–Crippen LogP) is 1.72. The molecule has 322 valence electrons. The van der Waals surface area contributed by atoms with Gasteiger partial charge in [-0.25, -0.2) is 0 Å². The van der Waals surface area contributed by atoms with Crippen molar-refractivity contribution in [1.29, 1.82) is 0 Å². The van der Waals surface area contributed by atoms with Crippen molar-refractivity contribution in [3.8, 4) is 45.6 Å². The van der Waals surface area contributed by atoms with Gasteiger partial charge in [-0.2, -0.15) is 0 Å². The van der Waals surface area contributed by atoms with E-state index in [1.165, 1.54) is 22.3 Å². The fourth-order valence-corrected chi connectivity index (χ4v) is 16.1. The normalized spacial score (nSPS) is 12.1. The van der Waals surface area contributed by atoms with Crippen LogP contribution in [-0.2, 0) is 51.4 Å². The van der Waals surface area contributed by atoms with Gasteiger partial charge < -0.3 is 0 Å². The van der Waals surface area contributed by atoms with Crippen LogP contribution in [0.15, 0.2) is 0 Å². The summed E-state index contributed by atoms with van der Waals surface area (Å²) in [5.41, 5.74) is 16.3. The number of hydrogen-bond acceptors (Lipinski definition) is 6. The second-order valence-electron chi connectivity index (χ2n) is 15.9. The monoisotopic (exact) mass is 1370 g/mol. The number of hydrogen-bond donors (Lipinski definition) is 2. The van der Waals surface area contributed by atoms with Crippen LogP contribution >= 0.6 is 0 Å². The number of nitrogens with zero attached hydrogens (tertiary/aromatic N) is 6. The number of aromatic nitrogens is 8. The standard InChI is InChI=1S/C48H42N8Se8/c1-9-17-25-26(18(10-2)34(58)33(17)57)42-49-41(25)53-43-27-19(11-3)35(59)36(60)20(12-4)28(27)45(50-43)55-47-31-23(15-7)39(63)40(64)24(16-8)32(31)48(52-47)56-46-30-22(14-6)38(62)37(61)21(13-5)29(30)44(51-46)54-42/h9-16H2,1-8H3,(H2,49,50,51,52,53,54,55,56). The van der Waals surface area contributed by atoms with Crippen molar-refractivity contribution in [3.05, 3.63) is 44.5 Å².